The normalized spacial score (nSPS) is 16.4. The molecule has 1 aliphatic heterocycles. The van der Waals surface area contributed by atoms with Gasteiger partial charge in [0.05, 0.1) is 12.4 Å². The molecule has 3 heterocycles. The molecule has 1 fully saturated rings. The molecule has 4 rings (SSSR count). The average Bonchev–Trinajstić information content (AvgIpc) is 3.22. The van der Waals surface area contributed by atoms with Crippen LogP contribution in [-0.4, -0.2) is 34.3 Å². The van der Waals surface area contributed by atoms with E-state index in [9.17, 15) is 5.11 Å². The molecule has 3 aromatic rings. The molecule has 1 saturated heterocycles. The van der Waals surface area contributed by atoms with E-state index in [1.54, 1.807) is 12.5 Å². The quantitative estimate of drug-likeness (QED) is 0.736. The predicted molar refractivity (Wildman–Crippen MR) is 100 cm³/mol. The number of rotatable bonds is 5. The van der Waals surface area contributed by atoms with Crippen molar-refractivity contribution in [2.24, 2.45) is 0 Å². The third-order valence-corrected chi connectivity index (χ3v) is 4.66. The highest BCUT2D eigenvalue weighted by Gasteiger charge is 2.20. The molecule has 26 heavy (non-hydrogen) atoms. The fraction of sp³-hybridized carbons (Fsp3) is 0.300. The predicted octanol–water partition coefficient (Wildman–Crippen LogP) is 3.23. The Labute approximate surface area is 152 Å². The number of nitrogens with zero attached hydrogens (tertiary/aromatic N) is 3. The van der Waals surface area contributed by atoms with E-state index in [1.165, 1.54) is 0 Å². The van der Waals surface area contributed by atoms with Crippen molar-refractivity contribution in [3.63, 3.8) is 0 Å². The smallest absolute Gasteiger partial charge is 0.225 e. The molecular formula is C20H22N4O2. The highest BCUT2D eigenvalue weighted by molar-refractivity contribution is 5.45. The Morgan fingerprint density at radius 2 is 1.88 bits per heavy atom. The van der Waals surface area contributed by atoms with Gasteiger partial charge in [0.2, 0.25) is 5.95 Å². The lowest BCUT2D eigenvalue weighted by atomic mass is 10.1. The van der Waals surface area contributed by atoms with Crippen LogP contribution >= 0.6 is 0 Å². The summed E-state index contributed by atoms with van der Waals surface area (Å²) in [7, 11) is 0. The summed E-state index contributed by atoms with van der Waals surface area (Å²) in [6, 6.07) is 15.7. The van der Waals surface area contributed by atoms with Gasteiger partial charge in [-0.15, -0.1) is 0 Å². The summed E-state index contributed by atoms with van der Waals surface area (Å²) in [5.74, 6) is 2.24. The number of aliphatic hydroxyl groups excluding tert-OH is 1. The topological polar surface area (TPSA) is 74.4 Å². The second-order valence-electron chi connectivity index (χ2n) is 6.46. The van der Waals surface area contributed by atoms with Crippen LogP contribution in [-0.2, 0) is 0 Å². The minimum absolute atomic E-state index is 0.162. The number of hydrogen-bond donors (Lipinski definition) is 2. The van der Waals surface area contributed by atoms with E-state index in [0.717, 1.165) is 43.1 Å². The van der Waals surface area contributed by atoms with Crippen molar-refractivity contribution >= 4 is 11.8 Å². The van der Waals surface area contributed by atoms with E-state index < -0.39 is 0 Å². The highest BCUT2D eigenvalue weighted by atomic mass is 16.3. The molecule has 0 amide bonds. The van der Waals surface area contributed by atoms with Gasteiger partial charge in [-0.25, -0.2) is 4.98 Å². The van der Waals surface area contributed by atoms with E-state index in [0.29, 0.717) is 5.95 Å². The lowest BCUT2D eigenvalue weighted by molar-refractivity contribution is 0.145. The van der Waals surface area contributed by atoms with Gasteiger partial charge in [0.15, 0.2) is 0 Å². The first-order chi connectivity index (χ1) is 12.8. The maximum atomic E-state index is 9.70. The maximum absolute atomic E-state index is 9.70. The number of hydrogen-bond acceptors (Lipinski definition) is 6. The Hall–Kier alpha value is -2.86. The molecule has 0 radical (unpaired) electrons. The molecule has 6 nitrogen and oxygen atoms in total. The number of aliphatic hydroxyl groups is 1. The second kappa shape index (κ2) is 7.58. The van der Waals surface area contributed by atoms with Crippen LogP contribution in [0.4, 0.5) is 11.8 Å². The number of furan rings is 1. The summed E-state index contributed by atoms with van der Waals surface area (Å²) < 4.78 is 5.62. The molecule has 1 aromatic carbocycles. The minimum Gasteiger partial charge on any atom is -0.467 e. The first-order valence-electron chi connectivity index (χ1n) is 8.90. The van der Waals surface area contributed by atoms with Gasteiger partial charge in [-0.3, -0.25) is 0 Å². The third-order valence-electron chi connectivity index (χ3n) is 4.66. The van der Waals surface area contributed by atoms with Gasteiger partial charge < -0.3 is 19.7 Å². The molecule has 1 atom stereocenters. The maximum Gasteiger partial charge on any atom is 0.225 e. The van der Waals surface area contributed by atoms with Gasteiger partial charge >= 0.3 is 0 Å². The summed E-state index contributed by atoms with van der Waals surface area (Å²) in [4.78, 5) is 11.2. The fourth-order valence-electron chi connectivity index (χ4n) is 3.24. The largest absolute Gasteiger partial charge is 0.467 e. The highest BCUT2D eigenvalue weighted by Crippen LogP contribution is 2.26. The van der Waals surface area contributed by atoms with Crippen LogP contribution < -0.4 is 10.2 Å². The first kappa shape index (κ1) is 16.6. The second-order valence-corrected chi connectivity index (χ2v) is 6.46. The molecule has 0 bridgehead atoms. The zero-order valence-corrected chi connectivity index (χ0v) is 14.5. The van der Waals surface area contributed by atoms with Crippen LogP contribution in [0.2, 0.25) is 0 Å². The van der Waals surface area contributed by atoms with Crippen LogP contribution in [0, 0.1) is 0 Å². The van der Waals surface area contributed by atoms with E-state index in [-0.39, 0.29) is 12.1 Å². The van der Waals surface area contributed by atoms with Crippen LogP contribution in [0.5, 0.6) is 0 Å². The molecule has 0 aliphatic carbocycles. The van der Waals surface area contributed by atoms with Crippen molar-refractivity contribution in [2.75, 3.05) is 23.3 Å². The summed E-state index contributed by atoms with van der Waals surface area (Å²) in [5.41, 5.74) is 1.08. The molecule has 0 spiro atoms. The van der Waals surface area contributed by atoms with Crippen LogP contribution in [0.1, 0.15) is 30.2 Å². The monoisotopic (exact) mass is 350 g/mol. The van der Waals surface area contributed by atoms with Gasteiger partial charge in [-0.2, -0.15) is 4.98 Å². The van der Waals surface area contributed by atoms with Crippen molar-refractivity contribution in [1.82, 2.24) is 9.97 Å². The molecular weight excluding hydrogens is 328 g/mol. The Morgan fingerprint density at radius 1 is 1.08 bits per heavy atom. The van der Waals surface area contributed by atoms with Crippen molar-refractivity contribution in [1.29, 1.82) is 0 Å². The van der Waals surface area contributed by atoms with E-state index in [2.05, 4.69) is 32.3 Å². The van der Waals surface area contributed by atoms with Crippen LogP contribution in [0.15, 0.2) is 65.4 Å². The molecule has 2 N–H and O–H groups in total. The van der Waals surface area contributed by atoms with Gasteiger partial charge in [-0.1, -0.05) is 30.3 Å². The molecule has 134 valence electrons. The number of piperidine rings is 1. The number of anilines is 2. The fourth-order valence-corrected chi connectivity index (χ4v) is 3.24. The van der Waals surface area contributed by atoms with Crippen LogP contribution in [0.3, 0.4) is 0 Å². The van der Waals surface area contributed by atoms with E-state index in [1.807, 2.05) is 36.4 Å². The van der Waals surface area contributed by atoms with Crippen molar-refractivity contribution < 1.29 is 9.52 Å². The Morgan fingerprint density at radius 3 is 2.62 bits per heavy atom. The third kappa shape index (κ3) is 3.70. The van der Waals surface area contributed by atoms with Crippen molar-refractivity contribution in [3.05, 3.63) is 72.3 Å². The zero-order chi connectivity index (χ0) is 17.8. The Kier molecular flexibility index (Phi) is 4.84. The van der Waals surface area contributed by atoms with Crippen molar-refractivity contribution in [3.8, 4) is 0 Å². The Bertz CT molecular complexity index is 815. The standard InChI is InChI=1S/C20H22N4O2/c25-16-9-12-24(13-10-16)18-8-11-21-20(22-18)23-19(17-7-4-14-26-17)15-5-2-1-3-6-15/h1-8,11,14,16,19,25H,9-10,12-13H2,(H,21,22,23). The Balaban J connectivity index is 1.57. The molecule has 1 unspecified atom stereocenters. The summed E-state index contributed by atoms with van der Waals surface area (Å²) in [5, 5.41) is 13.1. The number of nitrogens with one attached hydrogen (secondary N) is 1. The molecule has 6 heteroatoms. The van der Waals surface area contributed by atoms with Crippen LogP contribution in [0.25, 0.3) is 0 Å². The molecule has 1 aliphatic rings. The number of benzene rings is 1. The lowest BCUT2D eigenvalue weighted by Crippen LogP contribution is -2.36. The summed E-state index contributed by atoms with van der Waals surface area (Å²) >= 11 is 0. The zero-order valence-electron chi connectivity index (χ0n) is 14.5. The summed E-state index contributed by atoms with van der Waals surface area (Å²) in [6.07, 6.45) is 4.77. The first-order valence-corrected chi connectivity index (χ1v) is 8.90. The van der Waals surface area contributed by atoms with Gasteiger partial charge in [0.25, 0.3) is 0 Å². The average molecular weight is 350 g/mol. The molecule has 0 saturated carbocycles. The van der Waals surface area contributed by atoms with Gasteiger partial charge in [0.1, 0.15) is 17.6 Å². The van der Waals surface area contributed by atoms with E-state index >= 15 is 0 Å². The minimum atomic E-state index is -0.202. The lowest BCUT2D eigenvalue weighted by Gasteiger charge is -2.30. The van der Waals surface area contributed by atoms with E-state index in [4.69, 9.17) is 4.42 Å². The van der Waals surface area contributed by atoms with Crippen molar-refractivity contribution in [2.45, 2.75) is 25.0 Å². The number of aromatic nitrogens is 2. The van der Waals surface area contributed by atoms with Gasteiger partial charge in [0, 0.05) is 19.3 Å². The summed E-state index contributed by atoms with van der Waals surface area (Å²) in [6.45, 7) is 1.61. The SMILES string of the molecule is OC1CCN(c2ccnc(NC(c3ccccc3)c3ccco3)n2)CC1. The molecule has 2 aromatic heterocycles. The van der Waals surface area contributed by atoms with Gasteiger partial charge in [-0.05, 0) is 36.6 Å².